The maximum Gasteiger partial charge on any atom is 0.255 e. The minimum absolute atomic E-state index is 0.180. The number of benzene rings is 3. The number of aryl methyl sites for hydroxylation is 1. The van der Waals surface area contributed by atoms with Crippen LogP contribution in [0.25, 0.3) is 0 Å². The lowest BCUT2D eigenvalue weighted by atomic mass is 10.1. The van der Waals surface area contributed by atoms with E-state index < -0.39 is 0 Å². The van der Waals surface area contributed by atoms with E-state index in [4.69, 9.17) is 11.6 Å². The second-order valence-corrected chi connectivity index (χ2v) is 9.14. The number of nitrogens with one attached hydrogen (secondary N) is 2. The monoisotopic (exact) mass is 465 g/mol. The van der Waals surface area contributed by atoms with Crippen LogP contribution in [-0.2, 0) is 4.79 Å². The van der Waals surface area contributed by atoms with Crippen molar-refractivity contribution in [1.29, 1.82) is 0 Å². The van der Waals surface area contributed by atoms with Crippen molar-refractivity contribution in [2.24, 2.45) is 5.10 Å². The zero-order valence-electron chi connectivity index (χ0n) is 18.1. The highest BCUT2D eigenvalue weighted by atomic mass is 35.5. The third-order valence-corrected chi connectivity index (χ3v) is 6.01. The molecular formula is C25H24ClN3O2S. The molecule has 0 saturated heterocycles. The Labute approximate surface area is 197 Å². The minimum atomic E-state index is -0.294. The summed E-state index contributed by atoms with van der Waals surface area (Å²) in [6, 6.07) is 22.1. The maximum absolute atomic E-state index is 12.4. The molecule has 5 nitrogen and oxygen atoms in total. The Kier molecular flexibility index (Phi) is 8.09. The van der Waals surface area contributed by atoms with E-state index in [1.165, 1.54) is 17.3 Å². The van der Waals surface area contributed by atoms with E-state index in [2.05, 4.69) is 15.8 Å². The lowest BCUT2D eigenvalue weighted by Crippen LogP contribution is -2.27. The summed E-state index contributed by atoms with van der Waals surface area (Å²) >= 11 is 7.44. The molecular weight excluding hydrogens is 442 g/mol. The van der Waals surface area contributed by atoms with Gasteiger partial charge >= 0.3 is 0 Å². The average molecular weight is 466 g/mol. The van der Waals surface area contributed by atoms with E-state index in [9.17, 15) is 9.59 Å². The lowest BCUT2D eigenvalue weighted by Gasteiger charge is -2.11. The van der Waals surface area contributed by atoms with Gasteiger partial charge in [-0.25, -0.2) is 5.43 Å². The van der Waals surface area contributed by atoms with Crippen LogP contribution in [0.2, 0.25) is 5.02 Å². The van der Waals surface area contributed by atoms with Gasteiger partial charge in [-0.2, -0.15) is 5.10 Å². The van der Waals surface area contributed by atoms with Crippen LogP contribution < -0.4 is 10.7 Å². The smallest absolute Gasteiger partial charge is 0.255 e. The lowest BCUT2D eigenvalue weighted by molar-refractivity contribution is -0.120. The van der Waals surface area contributed by atoms with Crippen molar-refractivity contribution < 1.29 is 9.59 Å². The van der Waals surface area contributed by atoms with Crippen LogP contribution in [-0.4, -0.2) is 22.8 Å². The highest BCUT2D eigenvalue weighted by Crippen LogP contribution is 2.23. The van der Waals surface area contributed by atoms with Crippen LogP contribution in [0.4, 0.5) is 5.69 Å². The van der Waals surface area contributed by atoms with Crippen LogP contribution >= 0.6 is 23.4 Å². The fourth-order valence-corrected chi connectivity index (χ4v) is 3.88. The van der Waals surface area contributed by atoms with Gasteiger partial charge in [0.1, 0.15) is 0 Å². The molecule has 0 bridgehead atoms. The van der Waals surface area contributed by atoms with Gasteiger partial charge in [-0.15, -0.1) is 11.8 Å². The highest BCUT2D eigenvalue weighted by Gasteiger charge is 2.14. The van der Waals surface area contributed by atoms with Gasteiger partial charge in [0.25, 0.3) is 11.8 Å². The molecule has 2 N–H and O–H groups in total. The minimum Gasteiger partial charge on any atom is -0.322 e. The maximum atomic E-state index is 12.4. The van der Waals surface area contributed by atoms with Crippen LogP contribution in [0, 0.1) is 6.92 Å². The van der Waals surface area contributed by atoms with E-state index in [1.807, 2.05) is 50.2 Å². The molecule has 3 aromatic carbocycles. The molecule has 0 aliphatic rings. The molecule has 0 aromatic heterocycles. The van der Waals surface area contributed by atoms with Gasteiger partial charge in [0.15, 0.2) is 0 Å². The first kappa shape index (κ1) is 23.6. The van der Waals surface area contributed by atoms with Gasteiger partial charge in [0.05, 0.1) is 11.0 Å². The van der Waals surface area contributed by atoms with Crippen LogP contribution in [0.15, 0.2) is 82.8 Å². The molecule has 164 valence electrons. The van der Waals surface area contributed by atoms with Crippen molar-refractivity contribution in [1.82, 2.24) is 5.43 Å². The molecule has 0 unspecified atom stereocenters. The first-order valence-electron chi connectivity index (χ1n) is 10.1. The van der Waals surface area contributed by atoms with Crippen molar-refractivity contribution in [3.8, 4) is 0 Å². The van der Waals surface area contributed by atoms with Crippen molar-refractivity contribution in [2.45, 2.75) is 30.9 Å². The van der Waals surface area contributed by atoms with Crippen molar-refractivity contribution in [2.75, 3.05) is 5.32 Å². The van der Waals surface area contributed by atoms with E-state index in [1.54, 1.807) is 43.3 Å². The number of hydrogen-bond acceptors (Lipinski definition) is 4. The van der Waals surface area contributed by atoms with Gasteiger partial charge in [-0.05, 0) is 68.8 Å². The van der Waals surface area contributed by atoms with Gasteiger partial charge in [0, 0.05) is 21.2 Å². The second kappa shape index (κ2) is 11.0. The number of amides is 2. The summed E-state index contributed by atoms with van der Waals surface area (Å²) in [7, 11) is 0. The average Bonchev–Trinajstić information content (AvgIpc) is 2.78. The fourth-order valence-electron chi connectivity index (χ4n) is 2.82. The first-order valence-corrected chi connectivity index (χ1v) is 11.3. The van der Waals surface area contributed by atoms with E-state index in [0.717, 1.165) is 10.5 Å². The quantitative estimate of drug-likeness (QED) is 0.258. The number of hydrogen-bond donors (Lipinski definition) is 2. The zero-order valence-corrected chi connectivity index (χ0v) is 19.6. The molecule has 3 aromatic rings. The summed E-state index contributed by atoms with van der Waals surface area (Å²) in [4.78, 5) is 25.9. The van der Waals surface area contributed by atoms with Crippen LogP contribution in [0.3, 0.4) is 0 Å². The number of hydrazone groups is 1. The van der Waals surface area contributed by atoms with Gasteiger partial charge in [-0.1, -0.05) is 47.5 Å². The third kappa shape index (κ3) is 6.70. The Morgan fingerprint density at radius 1 is 0.969 bits per heavy atom. The predicted octanol–water partition coefficient (Wildman–Crippen LogP) is 5.92. The second-order valence-electron chi connectivity index (χ2n) is 7.29. The first-order chi connectivity index (χ1) is 15.3. The number of nitrogens with zero attached hydrogens (tertiary/aromatic N) is 1. The molecule has 0 radical (unpaired) electrons. The Balaban J connectivity index is 1.61. The summed E-state index contributed by atoms with van der Waals surface area (Å²) in [5.41, 5.74) is 6.32. The normalized spacial score (nSPS) is 12.2. The Hall–Kier alpha value is -3.09. The summed E-state index contributed by atoms with van der Waals surface area (Å²) in [5.74, 6) is -0.435. The molecule has 2 amide bonds. The number of rotatable bonds is 7. The number of thioether (sulfide) groups is 1. The van der Waals surface area contributed by atoms with E-state index in [0.29, 0.717) is 22.0 Å². The molecule has 32 heavy (non-hydrogen) atoms. The number of carbonyl (C=O) groups is 2. The molecule has 0 saturated carbocycles. The zero-order chi connectivity index (χ0) is 23.1. The Morgan fingerprint density at radius 2 is 1.66 bits per heavy atom. The number of anilines is 1. The van der Waals surface area contributed by atoms with Gasteiger partial charge in [-0.3, -0.25) is 9.59 Å². The molecule has 7 heteroatoms. The molecule has 0 aliphatic heterocycles. The standard InChI is InChI=1S/C25H24ClN3O2S/c1-16-10-12-23(13-11-16)32-18(3)24(30)29-28-17(2)19-6-5-9-22(15-19)27-25(31)20-7-4-8-21(26)14-20/h4-15,18H,1-3H3,(H,27,31)(H,29,30)/b28-17-/t18-/m0/s1. The molecule has 0 aliphatic carbocycles. The molecule has 0 heterocycles. The van der Waals surface area contributed by atoms with Crippen molar-refractivity contribution >= 4 is 46.6 Å². The van der Waals surface area contributed by atoms with Gasteiger partial charge in [0.2, 0.25) is 0 Å². The van der Waals surface area contributed by atoms with Crippen molar-refractivity contribution in [3.63, 3.8) is 0 Å². The molecule has 3 rings (SSSR count). The summed E-state index contributed by atoms with van der Waals surface area (Å²) < 4.78 is 0. The van der Waals surface area contributed by atoms with Crippen LogP contribution in [0.5, 0.6) is 0 Å². The molecule has 0 spiro atoms. The van der Waals surface area contributed by atoms with E-state index >= 15 is 0 Å². The number of halogens is 1. The highest BCUT2D eigenvalue weighted by molar-refractivity contribution is 8.00. The van der Waals surface area contributed by atoms with Crippen LogP contribution in [0.1, 0.15) is 35.3 Å². The van der Waals surface area contributed by atoms with Gasteiger partial charge < -0.3 is 5.32 Å². The third-order valence-electron chi connectivity index (χ3n) is 4.66. The molecule has 0 fully saturated rings. The number of carbonyl (C=O) groups excluding carboxylic acids is 2. The van der Waals surface area contributed by atoms with E-state index in [-0.39, 0.29) is 17.1 Å². The summed E-state index contributed by atoms with van der Waals surface area (Å²) in [6.07, 6.45) is 0. The Morgan fingerprint density at radius 3 is 2.38 bits per heavy atom. The summed E-state index contributed by atoms with van der Waals surface area (Å²) in [6.45, 7) is 5.67. The summed E-state index contributed by atoms with van der Waals surface area (Å²) in [5, 5.41) is 7.29. The van der Waals surface area contributed by atoms with Crippen molar-refractivity contribution in [3.05, 3.63) is 94.5 Å². The predicted molar refractivity (Wildman–Crippen MR) is 133 cm³/mol. The topological polar surface area (TPSA) is 70.6 Å². The molecule has 1 atom stereocenters. The Bertz CT molecular complexity index is 1150. The largest absolute Gasteiger partial charge is 0.322 e. The SMILES string of the molecule is C/C(=N/NC(=O)[C@H](C)Sc1ccc(C)cc1)c1cccc(NC(=O)c2cccc(Cl)c2)c1. The fraction of sp³-hybridized carbons (Fsp3) is 0.160.